The molecule has 1 heteroatoms. The first-order valence-corrected chi connectivity index (χ1v) is 7.41. The maximum Gasteiger partial charge on any atom is 0.0323 e. The molecule has 0 saturated heterocycles. The lowest BCUT2D eigenvalue weighted by Crippen LogP contribution is -2.30. The van der Waals surface area contributed by atoms with Crippen LogP contribution in [0.5, 0.6) is 0 Å². The third-order valence-electron chi connectivity index (χ3n) is 4.11. The van der Waals surface area contributed by atoms with Crippen LogP contribution in [0, 0.1) is 6.92 Å². The quantitative estimate of drug-likeness (QED) is 0.663. The van der Waals surface area contributed by atoms with Gasteiger partial charge in [-0.2, -0.15) is 0 Å². The van der Waals surface area contributed by atoms with Crippen molar-refractivity contribution >= 4 is 11.6 Å². The fraction of sp³-hybridized carbons (Fsp3) is 0.333. The second-order valence-electron chi connectivity index (χ2n) is 5.24. The summed E-state index contributed by atoms with van der Waals surface area (Å²) in [6.07, 6.45) is 2.05. The molecule has 100 valence electrons. The number of alkyl halides is 1. The maximum absolute atomic E-state index is 6.36. The van der Waals surface area contributed by atoms with Crippen LogP contribution in [0.2, 0.25) is 0 Å². The number of rotatable bonds is 5. The van der Waals surface area contributed by atoms with Crippen molar-refractivity contribution in [2.45, 2.75) is 32.1 Å². The second kappa shape index (κ2) is 6.25. The summed E-state index contributed by atoms with van der Waals surface area (Å²) >= 11 is 6.36. The summed E-state index contributed by atoms with van der Waals surface area (Å²) in [5.74, 6) is 0.655. The molecule has 2 rings (SSSR count). The Morgan fingerprint density at radius 2 is 1.58 bits per heavy atom. The molecule has 0 aliphatic rings. The van der Waals surface area contributed by atoms with Crippen LogP contribution >= 0.6 is 11.6 Å². The Balaban J connectivity index is 2.38. The van der Waals surface area contributed by atoms with E-state index in [9.17, 15) is 0 Å². The molecule has 0 bridgehead atoms. The predicted molar refractivity (Wildman–Crippen MR) is 84.0 cm³/mol. The van der Waals surface area contributed by atoms with Gasteiger partial charge in [-0.15, -0.1) is 11.6 Å². The standard InChI is InChI=1S/C18H21Cl/c1-3-18(14-19,17-11-5-4-6-12-17)13-16-10-8-7-9-15(16)2/h4-12H,3,13-14H2,1-2H3. The Morgan fingerprint density at radius 1 is 0.947 bits per heavy atom. The first-order valence-electron chi connectivity index (χ1n) is 6.88. The molecule has 0 radical (unpaired) electrons. The van der Waals surface area contributed by atoms with Crippen molar-refractivity contribution in [2.24, 2.45) is 0 Å². The highest BCUT2D eigenvalue weighted by atomic mass is 35.5. The minimum atomic E-state index is 0.0366. The lowest BCUT2D eigenvalue weighted by Gasteiger charge is -2.32. The Hall–Kier alpha value is -1.27. The molecule has 19 heavy (non-hydrogen) atoms. The molecule has 2 aromatic rings. The number of hydrogen-bond acceptors (Lipinski definition) is 0. The molecule has 0 aliphatic heterocycles. The molecular formula is C18H21Cl. The smallest absolute Gasteiger partial charge is 0.0323 e. The van der Waals surface area contributed by atoms with Crippen LogP contribution in [0.1, 0.15) is 30.0 Å². The zero-order valence-electron chi connectivity index (χ0n) is 11.7. The molecule has 0 heterocycles. The zero-order chi connectivity index (χ0) is 13.7. The van der Waals surface area contributed by atoms with Gasteiger partial charge in [0.2, 0.25) is 0 Å². The summed E-state index contributed by atoms with van der Waals surface area (Å²) in [4.78, 5) is 0. The van der Waals surface area contributed by atoms with Gasteiger partial charge in [0.15, 0.2) is 0 Å². The number of benzene rings is 2. The summed E-state index contributed by atoms with van der Waals surface area (Å²) in [6, 6.07) is 19.3. The highest BCUT2D eigenvalue weighted by Gasteiger charge is 2.30. The van der Waals surface area contributed by atoms with Gasteiger partial charge in [0.05, 0.1) is 0 Å². The minimum Gasteiger partial charge on any atom is -0.126 e. The highest BCUT2D eigenvalue weighted by molar-refractivity contribution is 6.18. The van der Waals surface area contributed by atoms with E-state index >= 15 is 0 Å². The average molecular weight is 273 g/mol. The first-order chi connectivity index (χ1) is 9.22. The Kier molecular flexibility index (Phi) is 4.66. The topological polar surface area (TPSA) is 0 Å². The molecule has 0 aromatic heterocycles. The lowest BCUT2D eigenvalue weighted by molar-refractivity contribution is 0.457. The van der Waals surface area contributed by atoms with Crippen molar-refractivity contribution < 1.29 is 0 Å². The molecule has 0 fully saturated rings. The van der Waals surface area contributed by atoms with E-state index in [0.29, 0.717) is 5.88 Å². The van der Waals surface area contributed by atoms with Crippen LogP contribution in [0.4, 0.5) is 0 Å². The van der Waals surface area contributed by atoms with Crippen LogP contribution in [0.15, 0.2) is 54.6 Å². The van der Waals surface area contributed by atoms with Gasteiger partial charge in [0.1, 0.15) is 0 Å². The number of aryl methyl sites for hydroxylation is 1. The van der Waals surface area contributed by atoms with Gasteiger partial charge in [0, 0.05) is 11.3 Å². The molecule has 1 atom stereocenters. The molecule has 2 aromatic carbocycles. The summed E-state index contributed by atoms with van der Waals surface area (Å²) in [6.45, 7) is 4.41. The van der Waals surface area contributed by atoms with Crippen molar-refractivity contribution in [2.75, 3.05) is 5.88 Å². The van der Waals surface area contributed by atoms with Gasteiger partial charge in [-0.3, -0.25) is 0 Å². The van der Waals surface area contributed by atoms with Crippen LogP contribution in [-0.2, 0) is 11.8 Å². The zero-order valence-corrected chi connectivity index (χ0v) is 12.5. The molecule has 0 nitrogen and oxygen atoms in total. The van der Waals surface area contributed by atoms with E-state index in [1.807, 2.05) is 0 Å². The normalized spacial score (nSPS) is 14.1. The van der Waals surface area contributed by atoms with Crippen molar-refractivity contribution in [1.82, 2.24) is 0 Å². The fourth-order valence-electron chi connectivity index (χ4n) is 2.61. The van der Waals surface area contributed by atoms with Gasteiger partial charge in [-0.1, -0.05) is 61.5 Å². The Bertz CT molecular complexity index is 512. The first kappa shape index (κ1) is 14.1. The monoisotopic (exact) mass is 272 g/mol. The van der Waals surface area contributed by atoms with Gasteiger partial charge in [0.25, 0.3) is 0 Å². The summed E-state index contributed by atoms with van der Waals surface area (Å²) in [7, 11) is 0. The van der Waals surface area contributed by atoms with E-state index in [2.05, 4.69) is 68.4 Å². The van der Waals surface area contributed by atoms with E-state index in [1.54, 1.807) is 0 Å². The van der Waals surface area contributed by atoms with E-state index in [1.165, 1.54) is 16.7 Å². The third kappa shape index (κ3) is 3.01. The molecule has 0 aliphatic carbocycles. The van der Waals surface area contributed by atoms with E-state index in [-0.39, 0.29) is 5.41 Å². The van der Waals surface area contributed by atoms with E-state index < -0.39 is 0 Å². The van der Waals surface area contributed by atoms with Gasteiger partial charge >= 0.3 is 0 Å². The lowest BCUT2D eigenvalue weighted by atomic mass is 9.74. The molecule has 0 spiro atoms. The average Bonchev–Trinajstić information content (AvgIpc) is 2.48. The third-order valence-corrected chi connectivity index (χ3v) is 4.62. The van der Waals surface area contributed by atoms with Crippen LogP contribution in [0.3, 0.4) is 0 Å². The summed E-state index contributed by atoms with van der Waals surface area (Å²) in [5.41, 5.74) is 4.13. The largest absolute Gasteiger partial charge is 0.126 e. The Morgan fingerprint density at radius 3 is 2.16 bits per heavy atom. The number of hydrogen-bond donors (Lipinski definition) is 0. The van der Waals surface area contributed by atoms with Gasteiger partial charge in [-0.25, -0.2) is 0 Å². The van der Waals surface area contributed by atoms with Crippen molar-refractivity contribution in [3.8, 4) is 0 Å². The summed E-state index contributed by atoms with van der Waals surface area (Å²) < 4.78 is 0. The van der Waals surface area contributed by atoms with E-state index in [0.717, 1.165) is 12.8 Å². The van der Waals surface area contributed by atoms with Crippen LogP contribution in [0.25, 0.3) is 0 Å². The molecule has 0 amide bonds. The SMILES string of the molecule is CCC(CCl)(Cc1ccccc1C)c1ccccc1. The maximum atomic E-state index is 6.36. The minimum absolute atomic E-state index is 0.0366. The van der Waals surface area contributed by atoms with Crippen molar-refractivity contribution in [3.05, 3.63) is 71.3 Å². The molecule has 1 unspecified atom stereocenters. The van der Waals surface area contributed by atoms with Gasteiger partial charge in [-0.05, 0) is 36.5 Å². The van der Waals surface area contributed by atoms with Crippen molar-refractivity contribution in [1.29, 1.82) is 0 Å². The van der Waals surface area contributed by atoms with E-state index in [4.69, 9.17) is 11.6 Å². The molecule has 0 N–H and O–H groups in total. The Labute approximate surface area is 121 Å². The molecule has 0 saturated carbocycles. The van der Waals surface area contributed by atoms with Crippen molar-refractivity contribution in [3.63, 3.8) is 0 Å². The molecular weight excluding hydrogens is 252 g/mol. The fourth-order valence-corrected chi connectivity index (χ4v) is 3.05. The highest BCUT2D eigenvalue weighted by Crippen LogP contribution is 2.34. The summed E-state index contributed by atoms with van der Waals surface area (Å²) in [5, 5.41) is 0. The van der Waals surface area contributed by atoms with Gasteiger partial charge < -0.3 is 0 Å². The number of halogens is 1. The second-order valence-corrected chi connectivity index (χ2v) is 5.50. The van der Waals surface area contributed by atoms with Crippen LogP contribution < -0.4 is 0 Å². The van der Waals surface area contributed by atoms with Crippen LogP contribution in [-0.4, -0.2) is 5.88 Å². The predicted octanol–water partition coefficient (Wildman–Crippen LogP) is 5.12.